The van der Waals surface area contributed by atoms with Gasteiger partial charge < -0.3 is 9.88 Å². The van der Waals surface area contributed by atoms with Gasteiger partial charge in [0.1, 0.15) is 5.69 Å². The summed E-state index contributed by atoms with van der Waals surface area (Å²) in [4.78, 5) is 9.12. The lowest BCUT2D eigenvalue weighted by molar-refractivity contribution is 0.950. The molecule has 0 saturated heterocycles. The minimum absolute atomic E-state index is 0.911. The molecule has 0 unspecified atom stereocenters. The molecule has 3 heterocycles. The smallest absolute Gasteiger partial charge is 0.159 e. The van der Waals surface area contributed by atoms with Crippen LogP contribution in [-0.4, -0.2) is 21.1 Å². The molecule has 3 aromatic rings. The summed E-state index contributed by atoms with van der Waals surface area (Å²) in [5, 5.41) is 3.41. The number of benzene rings is 1. The van der Waals surface area contributed by atoms with Crippen molar-refractivity contribution in [2.24, 2.45) is 7.05 Å². The summed E-state index contributed by atoms with van der Waals surface area (Å²) < 4.78 is 2.11. The first kappa shape index (κ1) is 10.6. The van der Waals surface area contributed by atoms with Crippen molar-refractivity contribution in [2.45, 2.75) is 6.42 Å². The summed E-state index contributed by atoms with van der Waals surface area (Å²) in [6.07, 6.45) is 2.89. The molecule has 0 aliphatic carbocycles. The number of anilines is 1. The molecule has 0 amide bonds. The van der Waals surface area contributed by atoms with Crippen molar-refractivity contribution in [2.75, 3.05) is 11.9 Å². The second kappa shape index (κ2) is 3.82. The van der Waals surface area contributed by atoms with E-state index in [9.17, 15) is 0 Å². The highest BCUT2D eigenvalue weighted by Gasteiger charge is 2.16. The second-order valence-electron chi connectivity index (χ2n) is 4.88. The average Bonchev–Trinajstić information content (AvgIpc) is 3.02. The molecule has 4 nitrogen and oxygen atoms in total. The van der Waals surface area contributed by atoms with Gasteiger partial charge in [-0.2, -0.15) is 0 Å². The summed E-state index contributed by atoms with van der Waals surface area (Å²) in [6.45, 7) is 1.03. The van der Waals surface area contributed by atoms with Crippen LogP contribution in [0.25, 0.3) is 22.6 Å². The van der Waals surface area contributed by atoms with Crippen LogP contribution in [0.1, 0.15) is 5.56 Å². The number of nitrogens with one attached hydrogen (secondary N) is 1. The van der Waals surface area contributed by atoms with Crippen LogP contribution in [0.3, 0.4) is 0 Å². The largest absolute Gasteiger partial charge is 0.384 e. The number of rotatable bonds is 1. The lowest BCUT2D eigenvalue weighted by atomic mass is 10.1. The molecule has 0 fully saturated rings. The monoisotopic (exact) mass is 250 g/mol. The van der Waals surface area contributed by atoms with Gasteiger partial charge in [0.15, 0.2) is 5.82 Å². The van der Waals surface area contributed by atoms with Gasteiger partial charge in [-0.25, -0.2) is 4.98 Å². The highest BCUT2D eigenvalue weighted by atomic mass is 15.1. The van der Waals surface area contributed by atoms with Gasteiger partial charge in [-0.3, -0.25) is 4.98 Å². The number of nitrogens with zero attached hydrogens (tertiary/aromatic N) is 3. The van der Waals surface area contributed by atoms with E-state index in [4.69, 9.17) is 4.98 Å². The van der Waals surface area contributed by atoms with Gasteiger partial charge in [0.25, 0.3) is 0 Å². The van der Waals surface area contributed by atoms with E-state index in [1.165, 1.54) is 11.3 Å². The Morgan fingerprint density at radius 2 is 2.21 bits per heavy atom. The van der Waals surface area contributed by atoms with E-state index in [0.29, 0.717) is 0 Å². The topological polar surface area (TPSA) is 42.7 Å². The van der Waals surface area contributed by atoms with Crippen molar-refractivity contribution in [1.29, 1.82) is 0 Å². The quantitative estimate of drug-likeness (QED) is 0.722. The minimum Gasteiger partial charge on any atom is -0.384 e. The number of aromatic nitrogens is 3. The van der Waals surface area contributed by atoms with Crippen molar-refractivity contribution in [3.63, 3.8) is 0 Å². The van der Waals surface area contributed by atoms with Crippen molar-refractivity contribution in [3.05, 3.63) is 42.1 Å². The lowest BCUT2D eigenvalue weighted by Crippen LogP contribution is -1.94. The number of hydrogen-bond donors (Lipinski definition) is 1. The Labute approximate surface area is 111 Å². The van der Waals surface area contributed by atoms with Crippen molar-refractivity contribution in [3.8, 4) is 11.5 Å². The zero-order valence-corrected chi connectivity index (χ0v) is 10.7. The van der Waals surface area contributed by atoms with Crippen molar-refractivity contribution in [1.82, 2.24) is 14.5 Å². The Morgan fingerprint density at radius 1 is 1.26 bits per heavy atom. The molecule has 0 spiro atoms. The Kier molecular flexibility index (Phi) is 2.12. The van der Waals surface area contributed by atoms with E-state index in [1.807, 2.05) is 25.2 Å². The Morgan fingerprint density at radius 3 is 3.05 bits per heavy atom. The predicted octanol–water partition coefficient (Wildman–Crippen LogP) is 2.60. The van der Waals surface area contributed by atoms with Gasteiger partial charge in [0, 0.05) is 25.5 Å². The molecule has 0 radical (unpaired) electrons. The molecule has 4 heteroatoms. The molecule has 0 bridgehead atoms. The summed E-state index contributed by atoms with van der Waals surface area (Å²) in [5.41, 5.74) is 5.70. The zero-order valence-electron chi connectivity index (χ0n) is 10.7. The van der Waals surface area contributed by atoms with E-state index in [-0.39, 0.29) is 0 Å². The summed E-state index contributed by atoms with van der Waals surface area (Å²) in [7, 11) is 2.04. The van der Waals surface area contributed by atoms with E-state index >= 15 is 0 Å². The zero-order chi connectivity index (χ0) is 12.8. The van der Waals surface area contributed by atoms with Crippen LogP contribution in [0.15, 0.2) is 36.5 Å². The molecule has 94 valence electrons. The molecule has 0 atom stereocenters. The van der Waals surface area contributed by atoms with Crippen LogP contribution in [0, 0.1) is 0 Å². The second-order valence-corrected chi connectivity index (χ2v) is 4.88. The van der Waals surface area contributed by atoms with Crippen LogP contribution in [0.2, 0.25) is 0 Å². The molecular weight excluding hydrogens is 236 g/mol. The molecule has 1 aromatic carbocycles. The van der Waals surface area contributed by atoms with Gasteiger partial charge in [0.05, 0.1) is 11.0 Å². The molecule has 4 rings (SSSR count). The summed E-state index contributed by atoms with van der Waals surface area (Å²) in [5.74, 6) is 0.916. The minimum atomic E-state index is 0.911. The summed E-state index contributed by atoms with van der Waals surface area (Å²) in [6, 6.07) is 10.3. The number of imidazole rings is 1. The number of aryl methyl sites for hydroxylation is 1. The average molecular weight is 250 g/mol. The molecule has 19 heavy (non-hydrogen) atoms. The Hall–Kier alpha value is -2.36. The maximum Gasteiger partial charge on any atom is 0.159 e. The van der Waals surface area contributed by atoms with Gasteiger partial charge in [-0.1, -0.05) is 6.07 Å². The van der Waals surface area contributed by atoms with Gasteiger partial charge in [-0.15, -0.1) is 0 Å². The molecule has 1 aliphatic heterocycles. The summed E-state index contributed by atoms with van der Waals surface area (Å²) >= 11 is 0. The lowest BCUT2D eigenvalue weighted by Gasteiger charge is -2.02. The van der Waals surface area contributed by atoms with Crippen LogP contribution in [0.4, 0.5) is 5.69 Å². The van der Waals surface area contributed by atoms with Crippen LogP contribution >= 0.6 is 0 Å². The third-order valence-corrected chi connectivity index (χ3v) is 3.71. The number of pyridine rings is 1. The highest BCUT2D eigenvalue weighted by Crippen LogP contribution is 2.30. The number of hydrogen-bond acceptors (Lipinski definition) is 3. The van der Waals surface area contributed by atoms with E-state index in [2.05, 4.69) is 27.0 Å². The first-order valence-electron chi connectivity index (χ1n) is 6.47. The normalized spacial score (nSPS) is 13.5. The standard InChI is InChI=1S/C15H14N4/c1-19-14-9-12-10(5-7-17-12)8-13(14)18-15(19)11-4-2-3-6-16-11/h2-4,6,8-9,17H,5,7H2,1H3. The van der Waals surface area contributed by atoms with Gasteiger partial charge in [-0.05, 0) is 36.2 Å². The predicted molar refractivity (Wildman–Crippen MR) is 76.1 cm³/mol. The van der Waals surface area contributed by atoms with Crippen LogP contribution in [0.5, 0.6) is 0 Å². The maximum atomic E-state index is 4.73. The maximum absolute atomic E-state index is 4.73. The molecule has 0 saturated carbocycles. The van der Waals surface area contributed by atoms with Gasteiger partial charge >= 0.3 is 0 Å². The van der Waals surface area contributed by atoms with Crippen LogP contribution in [-0.2, 0) is 13.5 Å². The molecule has 1 aliphatic rings. The fourth-order valence-electron chi connectivity index (χ4n) is 2.71. The fraction of sp³-hybridized carbons (Fsp3) is 0.200. The van der Waals surface area contributed by atoms with Crippen molar-refractivity contribution >= 4 is 16.7 Å². The molecule has 1 N–H and O–H groups in total. The fourth-order valence-corrected chi connectivity index (χ4v) is 2.71. The van der Waals surface area contributed by atoms with Crippen LogP contribution < -0.4 is 5.32 Å². The number of fused-ring (bicyclic) bond motifs is 2. The van der Waals surface area contributed by atoms with Gasteiger partial charge in [0.2, 0.25) is 0 Å². The first-order chi connectivity index (χ1) is 9.33. The Bertz CT molecular complexity index is 759. The Balaban J connectivity index is 1.97. The SMILES string of the molecule is Cn1c(-c2ccccn2)nc2cc3c(cc21)NCC3. The third kappa shape index (κ3) is 1.53. The van der Waals surface area contributed by atoms with Crippen molar-refractivity contribution < 1.29 is 0 Å². The van der Waals surface area contributed by atoms with E-state index in [0.717, 1.165) is 35.5 Å². The molecule has 2 aromatic heterocycles. The van der Waals surface area contributed by atoms with E-state index in [1.54, 1.807) is 6.20 Å². The first-order valence-corrected chi connectivity index (χ1v) is 6.47. The highest BCUT2D eigenvalue weighted by molar-refractivity contribution is 5.85. The molecular formula is C15H14N4. The third-order valence-electron chi connectivity index (χ3n) is 3.71. The van der Waals surface area contributed by atoms with E-state index < -0.39 is 0 Å².